The number of piperidine rings is 1. The maximum atomic E-state index is 13.0. The molecule has 2 nitrogen and oxygen atoms in total. The number of hydrogen-bond donors (Lipinski definition) is 0. The quantitative estimate of drug-likeness (QED) is 0.616. The summed E-state index contributed by atoms with van der Waals surface area (Å²) < 4.78 is 13.0. The van der Waals surface area contributed by atoms with Crippen molar-refractivity contribution in [1.82, 2.24) is 10.0 Å². The first-order chi connectivity index (χ1) is 6.27. The minimum absolute atomic E-state index is 0.589. The second-order valence-corrected chi connectivity index (χ2v) is 4.31. The maximum absolute atomic E-state index is 13.0. The van der Waals surface area contributed by atoms with Crippen LogP contribution in [0.5, 0.6) is 0 Å². The average Bonchev–Trinajstić information content (AvgIpc) is 2.53. The first-order valence-corrected chi connectivity index (χ1v) is 5.43. The zero-order valence-electron chi connectivity index (χ0n) is 8.38. The molecule has 2 aliphatic heterocycles. The second-order valence-electron chi connectivity index (χ2n) is 4.31. The third-order valence-electron chi connectivity index (χ3n) is 3.24. The molecule has 2 aliphatic rings. The van der Waals surface area contributed by atoms with Gasteiger partial charge in [-0.05, 0) is 26.2 Å². The van der Waals surface area contributed by atoms with Gasteiger partial charge in [-0.25, -0.2) is 14.4 Å². The molecule has 0 N–H and O–H groups in total. The molecule has 2 heterocycles. The van der Waals surface area contributed by atoms with Crippen LogP contribution in [0.3, 0.4) is 0 Å². The second kappa shape index (κ2) is 3.93. The van der Waals surface area contributed by atoms with Crippen molar-refractivity contribution >= 4 is 0 Å². The number of hydrogen-bond acceptors (Lipinski definition) is 2. The van der Waals surface area contributed by atoms with E-state index in [-0.39, 0.29) is 0 Å². The number of alkyl halides is 1. The standard InChI is InChI=1S/C10H19FN2/c1-9-4-2-3-6-13(9)12-7-5-10(11)8-12/h9-10H,2-8H2,1H3/t9-,10-/m0/s1. The van der Waals surface area contributed by atoms with Gasteiger partial charge in [0.25, 0.3) is 0 Å². The fraction of sp³-hybridized carbons (Fsp3) is 1.00. The fourth-order valence-electron chi connectivity index (χ4n) is 2.44. The Kier molecular flexibility index (Phi) is 2.84. The van der Waals surface area contributed by atoms with E-state index in [0.29, 0.717) is 12.6 Å². The summed E-state index contributed by atoms with van der Waals surface area (Å²) in [5.41, 5.74) is 0. The van der Waals surface area contributed by atoms with Crippen molar-refractivity contribution in [1.29, 1.82) is 0 Å². The third-order valence-corrected chi connectivity index (χ3v) is 3.24. The van der Waals surface area contributed by atoms with Crippen LogP contribution in [0.2, 0.25) is 0 Å². The van der Waals surface area contributed by atoms with Crippen molar-refractivity contribution in [3.8, 4) is 0 Å². The van der Waals surface area contributed by atoms with Crippen LogP contribution < -0.4 is 0 Å². The molecule has 0 aromatic carbocycles. The minimum atomic E-state index is -0.589. The lowest BCUT2D eigenvalue weighted by Gasteiger charge is -2.39. The molecule has 2 fully saturated rings. The molecular formula is C10H19FN2. The Morgan fingerprint density at radius 2 is 2.00 bits per heavy atom. The summed E-state index contributed by atoms with van der Waals surface area (Å²) in [5.74, 6) is 0. The Balaban J connectivity index is 1.91. The highest BCUT2D eigenvalue weighted by molar-refractivity contribution is 4.78. The monoisotopic (exact) mass is 186 g/mol. The molecule has 2 rings (SSSR count). The van der Waals surface area contributed by atoms with Crippen LogP contribution in [-0.4, -0.2) is 41.9 Å². The predicted molar refractivity (Wildman–Crippen MR) is 51.1 cm³/mol. The largest absolute Gasteiger partial charge is 0.246 e. The summed E-state index contributed by atoms with van der Waals surface area (Å²) in [4.78, 5) is 0. The van der Waals surface area contributed by atoms with Crippen molar-refractivity contribution in [2.45, 2.75) is 44.8 Å². The van der Waals surface area contributed by atoms with E-state index < -0.39 is 6.17 Å². The Hall–Kier alpha value is -0.150. The van der Waals surface area contributed by atoms with Crippen LogP contribution in [0.1, 0.15) is 32.6 Å². The van der Waals surface area contributed by atoms with Gasteiger partial charge in [0, 0.05) is 25.7 Å². The number of rotatable bonds is 1. The first-order valence-electron chi connectivity index (χ1n) is 5.43. The van der Waals surface area contributed by atoms with Gasteiger partial charge in [0.15, 0.2) is 0 Å². The van der Waals surface area contributed by atoms with Crippen molar-refractivity contribution in [2.75, 3.05) is 19.6 Å². The van der Waals surface area contributed by atoms with Gasteiger partial charge in [-0.2, -0.15) is 0 Å². The topological polar surface area (TPSA) is 6.48 Å². The first kappa shape index (κ1) is 9.41. The zero-order chi connectivity index (χ0) is 9.26. The van der Waals surface area contributed by atoms with Crippen LogP contribution in [0, 0.1) is 0 Å². The third kappa shape index (κ3) is 2.02. The van der Waals surface area contributed by atoms with Crippen molar-refractivity contribution in [2.24, 2.45) is 0 Å². The van der Waals surface area contributed by atoms with Gasteiger partial charge in [0.05, 0.1) is 0 Å². The van der Waals surface area contributed by atoms with E-state index in [1.807, 2.05) is 0 Å². The predicted octanol–water partition coefficient (Wildman–Crippen LogP) is 1.82. The maximum Gasteiger partial charge on any atom is 0.115 e. The normalized spacial score (nSPS) is 38.3. The molecule has 76 valence electrons. The molecule has 0 aromatic heterocycles. The zero-order valence-corrected chi connectivity index (χ0v) is 8.38. The molecule has 0 aromatic rings. The Morgan fingerprint density at radius 3 is 2.62 bits per heavy atom. The van der Waals surface area contributed by atoms with Gasteiger partial charge in [0.1, 0.15) is 6.17 Å². The lowest BCUT2D eigenvalue weighted by Crippen LogP contribution is -2.49. The van der Waals surface area contributed by atoms with Gasteiger partial charge >= 0.3 is 0 Å². The summed E-state index contributed by atoms with van der Waals surface area (Å²) >= 11 is 0. The minimum Gasteiger partial charge on any atom is -0.246 e. The van der Waals surface area contributed by atoms with Crippen LogP contribution in [0.15, 0.2) is 0 Å². The highest BCUT2D eigenvalue weighted by Crippen LogP contribution is 2.22. The Labute approximate surface area is 79.7 Å². The average molecular weight is 186 g/mol. The summed E-state index contributed by atoms with van der Waals surface area (Å²) in [6.45, 7) is 4.94. The summed E-state index contributed by atoms with van der Waals surface area (Å²) in [5, 5.41) is 4.59. The van der Waals surface area contributed by atoms with E-state index in [9.17, 15) is 4.39 Å². The van der Waals surface area contributed by atoms with Crippen LogP contribution in [-0.2, 0) is 0 Å². The molecule has 3 heteroatoms. The molecule has 0 saturated carbocycles. The van der Waals surface area contributed by atoms with Crippen molar-refractivity contribution in [3.05, 3.63) is 0 Å². The smallest absolute Gasteiger partial charge is 0.115 e. The van der Waals surface area contributed by atoms with Gasteiger partial charge in [-0.15, -0.1) is 0 Å². The lowest BCUT2D eigenvalue weighted by molar-refractivity contribution is -0.0585. The van der Waals surface area contributed by atoms with E-state index in [1.54, 1.807) is 0 Å². The summed E-state index contributed by atoms with van der Waals surface area (Å²) in [6.07, 6.45) is 4.02. The van der Waals surface area contributed by atoms with Gasteiger partial charge in [-0.1, -0.05) is 6.42 Å². The molecule has 0 aliphatic carbocycles. The molecule has 0 bridgehead atoms. The van der Waals surface area contributed by atoms with Crippen LogP contribution in [0.25, 0.3) is 0 Å². The van der Waals surface area contributed by atoms with E-state index in [2.05, 4.69) is 16.9 Å². The van der Waals surface area contributed by atoms with E-state index >= 15 is 0 Å². The highest BCUT2D eigenvalue weighted by Gasteiger charge is 2.30. The van der Waals surface area contributed by atoms with Gasteiger partial charge in [-0.3, -0.25) is 0 Å². The molecule has 0 amide bonds. The number of halogens is 1. The van der Waals surface area contributed by atoms with E-state index in [4.69, 9.17) is 0 Å². The van der Waals surface area contributed by atoms with Crippen LogP contribution >= 0.6 is 0 Å². The lowest BCUT2D eigenvalue weighted by atomic mass is 10.1. The Bertz CT molecular complexity index is 174. The van der Waals surface area contributed by atoms with Gasteiger partial charge < -0.3 is 0 Å². The van der Waals surface area contributed by atoms with Crippen LogP contribution in [0.4, 0.5) is 4.39 Å². The summed E-state index contributed by atoms with van der Waals surface area (Å²) in [6, 6.07) is 0.624. The Morgan fingerprint density at radius 1 is 1.15 bits per heavy atom. The molecule has 13 heavy (non-hydrogen) atoms. The molecule has 2 saturated heterocycles. The molecular weight excluding hydrogens is 167 g/mol. The van der Waals surface area contributed by atoms with Crippen molar-refractivity contribution < 1.29 is 4.39 Å². The molecule has 0 radical (unpaired) electrons. The van der Waals surface area contributed by atoms with Crippen molar-refractivity contribution in [3.63, 3.8) is 0 Å². The molecule has 0 unspecified atom stereocenters. The number of nitrogens with zero attached hydrogens (tertiary/aromatic N) is 2. The van der Waals surface area contributed by atoms with Gasteiger partial charge in [0.2, 0.25) is 0 Å². The van der Waals surface area contributed by atoms with E-state index in [0.717, 1.165) is 19.5 Å². The molecule has 0 spiro atoms. The number of hydrazine groups is 1. The summed E-state index contributed by atoms with van der Waals surface area (Å²) in [7, 11) is 0. The SMILES string of the molecule is C[C@H]1CCCCN1N1CC[C@H](F)C1. The fourth-order valence-corrected chi connectivity index (χ4v) is 2.44. The molecule has 2 atom stereocenters. The van der Waals surface area contributed by atoms with E-state index in [1.165, 1.54) is 19.3 Å². The highest BCUT2D eigenvalue weighted by atomic mass is 19.1.